The van der Waals surface area contributed by atoms with E-state index in [1.165, 1.54) is 0 Å². The first-order valence-corrected chi connectivity index (χ1v) is 7.08. The Balaban J connectivity index is 1.69. The van der Waals surface area contributed by atoms with Crippen LogP contribution in [0.25, 0.3) is 0 Å². The number of nitrogens with two attached hydrogens (primary N) is 1. The summed E-state index contributed by atoms with van der Waals surface area (Å²) in [6, 6.07) is 3.81. The summed E-state index contributed by atoms with van der Waals surface area (Å²) in [5, 5.41) is 0. The average Bonchev–Trinajstić information content (AvgIpc) is 3.00. The summed E-state index contributed by atoms with van der Waals surface area (Å²) >= 11 is 1.60. The van der Waals surface area contributed by atoms with Crippen LogP contribution in [0.4, 0.5) is 0 Å². The van der Waals surface area contributed by atoms with Crippen molar-refractivity contribution in [3.63, 3.8) is 0 Å². The van der Waals surface area contributed by atoms with Gasteiger partial charge in [0.25, 0.3) is 0 Å². The van der Waals surface area contributed by atoms with Gasteiger partial charge in [0.1, 0.15) is 11.5 Å². The van der Waals surface area contributed by atoms with E-state index in [0.717, 1.165) is 43.2 Å². The summed E-state index contributed by atoms with van der Waals surface area (Å²) in [6.45, 7) is 2.28. The van der Waals surface area contributed by atoms with Crippen molar-refractivity contribution >= 4 is 17.7 Å². The molecule has 0 bridgehead atoms. The van der Waals surface area contributed by atoms with Gasteiger partial charge in [0, 0.05) is 13.1 Å². The molecule has 5 heteroatoms. The normalized spacial score (nSPS) is 15.5. The molecule has 0 unspecified atom stereocenters. The predicted octanol–water partition coefficient (Wildman–Crippen LogP) is 1.59. The fourth-order valence-corrected chi connectivity index (χ4v) is 2.72. The van der Waals surface area contributed by atoms with Crippen molar-refractivity contribution in [2.24, 2.45) is 5.73 Å². The molecule has 0 radical (unpaired) electrons. The Kier molecular flexibility index (Phi) is 4.50. The highest BCUT2D eigenvalue weighted by Crippen LogP contribution is 2.17. The fraction of sp³-hybridized carbons (Fsp3) is 0.583. The first kappa shape index (κ1) is 12.5. The van der Waals surface area contributed by atoms with E-state index < -0.39 is 0 Å². The van der Waals surface area contributed by atoms with Crippen molar-refractivity contribution in [3.8, 4) is 0 Å². The molecule has 1 aromatic rings. The molecular formula is C12H18N2O2S. The Labute approximate surface area is 106 Å². The van der Waals surface area contributed by atoms with Crippen molar-refractivity contribution in [1.82, 2.24) is 4.90 Å². The van der Waals surface area contributed by atoms with E-state index in [0.29, 0.717) is 12.3 Å². The Hall–Kier alpha value is -0.940. The second-order valence-electron chi connectivity index (χ2n) is 4.15. The number of likely N-dealkylation sites (tertiary alicyclic amines) is 1. The monoisotopic (exact) mass is 254 g/mol. The van der Waals surface area contributed by atoms with Gasteiger partial charge < -0.3 is 15.1 Å². The highest BCUT2D eigenvalue weighted by atomic mass is 32.2. The zero-order valence-corrected chi connectivity index (χ0v) is 10.7. The van der Waals surface area contributed by atoms with E-state index in [9.17, 15) is 4.79 Å². The van der Waals surface area contributed by atoms with Crippen LogP contribution in [0.2, 0.25) is 0 Å². The number of amides is 1. The number of hydrogen-bond acceptors (Lipinski definition) is 4. The molecule has 0 spiro atoms. The molecule has 1 aromatic heterocycles. The summed E-state index contributed by atoms with van der Waals surface area (Å²) in [4.78, 5) is 13.7. The van der Waals surface area contributed by atoms with Gasteiger partial charge in [-0.2, -0.15) is 0 Å². The largest absolute Gasteiger partial charge is 0.464 e. The van der Waals surface area contributed by atoms with Gasteiger partial charge in [0.15, 0.2) is 0 Å². The molecule has 2 rings (SSSR count). The maximum absolute atomic E-state index is 11.8. The van der Waals surface area contributed by atoms with Crippen LogP contribution < -0.4 is 5.73 Å². The zero-order valence-electron chi connectivity index (χ0n) is 9.85. The lowest BCUT2D eigenvalue weighted by atomic mass is 10.4. The molecule has 1 aliphatic rings. The second kappa shape index (κ2) is 6.12. The van der Waals surface area contributed by atoms with Crippen LogP contribution in [-0.2, 0) is 17.1 Å². The molecule has 1 saturated heterocycles. The molecule has 2 N–H and O–H groups in total. The lowest BCUT2D eigenvalue weighted by Gasteiger charge is -2.14. The molecule has 1 amide bonds. The number of thioether (sulfide) groups is 1. The Morgan fingerprint density at radius 1 is 1.35 bits per heavy atom. The second-order valence-corrected chi connectivity index (χ2v) is 5.14. The summed E-state index contributed by atoms with van der Waals surface area (Å²) in [6.07, 6.45) is 2.29. The van der Waals surface area contributed by atoms with E-state index in [2.05, 4.69) is 0 Å². The number of furan rings is 1. The molecule has 0 aliphatic carbocycles. The Morgan fingerprint density at radius 3 is 2.71 bits per heavy atom. The predicted molar refractivity (Wildman–Crippen MR) is 68.6 cm³/mol. The van der Waals surface area contributed by atoms with Crippen LogP contribution >= 0.6 is 11.8 Å². The highest BCUT2D eigenvalue weighted by Gasteiger charge is 2.17. The van der Waals surface area contributed by atoms with Crippen LogP contribution in [0.3, 0.4) is 0 Å². The lowest BCUT2D eigenvalue weighted by Crippen LogP contribution is -2.29. The van der Waals surface area contributed by atoms with Crippen LogP contribution in [0.1, 0.15) is 24.4 Å². The van der Waals surface area contributed by atoms with Crippen LogP contribution in [0.5, 0.6) is 0 Å². The van der Waals surface area contributed by atoms with Crippen LogP contribution in [-0.4, -0.2) is 29.6 Å². The third kappa shape index (κ3) is 3.51. The number of rotatable bonds is 5. The molecule has 0 saturated carbocycles. The van der Waals surface area contributed by atoms with Crippen molar-refractivity contribution in [2.75, 3.05) is 18.8 Å². The van der Waals surface area contributed by atoms with Crippen LogP contribution in [0, 0.1) is 0 Å². The van der Waals surface area contributed by atoms with Gasteiger partial charge in [0.2, 0.25) is 5.91 Å². The maximum Gasteiger partial charge on any atom is 0.232 e. The molecule has 0 aromatic carbocycles. The number of carbonyl (C=O) groups is 1. The first-order valence-electron chi connectivity index (χ1n) is 5.93. The molecule has 0 atom stereocenters. The summed E-state index contributed by atoms with van der Waals surface area (Å²) in [5.74, 6) is 3.22. The van der Waals surface area contributed by atoms with Gasteiger partial charge in [-0.1, -0.05) is 0 Å². The van der Waals surface area contributed by atoms with E-state index in [1.807, 2.05) is 17.0 Å². The quantitative estimate of drug-likeness (QED) is 0.867. The highest BCUT2D eigenvalue weighted by molar-refractivity contribution is 7.99. The third-order valence-corrected chi connectivity index (χ3v) is 3.79. The summed E-state index contributed by atoms with van der Waals surface area (Å²) < 4.78 is 5.47. The number of carbonyl (C=O) groups excluding carboxylic acids is 1. The van der Waals surface area contributed by atoms with Crippen molar-refractivity contribution in [1.29, 1.82) is 0 Å². The standard InChI is InChI=1S/C12H18N2O2S/c13-7-10-3-4-11(16-10)8-17-9-12(15)14-5-1-2-6-14/h3-4H,1-2,5-9,13H2. The van der Waals surface area contributed by atoms with Gasteiger partial charge in [-0.05, 0) is 25.0 Å². The Morgan fingerprint density at radius 2 is 2.06 bits per heavy atom. The number of hydrogen-bond donors (Lipinski definition) is 1. The van der Waals surface area contributed by atoms with Crippen LogP contribution in [0.15, 0.2) is 16.5 Å². The van der Waals surface area contributed by atoms with Crippen molar-refractivity contribution < 1.29 is 9.21 Å². The summed E-state index contributed by atoms with van der Waals surface area (Å²) in [5.41, 5.74) is 5.46. The smallest absolute Gasteiger partial charge is 0.232 e. The lowest BCUT2D eigenvalue weighted by molar-refractivity contribution is -0.127. The zero-order chi connectivity index (χ0) is 12.1. The minimum atomic E-state index is 0.248. The van der Waals surface area contributed by atoms with Gasteiger partial charge in [0.05, 0.1) is 18.1 Å². The van der Waals surface area contributed by atoms with Gasteiger partial charge in [-0.3, -0.25) is 4.79 Å². The van der Waals surface area contributed by atoms with E-state index >= 15 is 0 Å². The first-order chi connectivity index (χ1) is 8.29. The molecular weight excluding hydrogens is 236 g/mol. The molecule has 1 aliphatic heterocycles. The average molecular weight is 254 g/mol. The maximum atomic E-state index is 11.8. The van der Waals surface area contributed by atoms with Gasteiger partial charge >= 0.3 is 0 Å². The molecule has 94 valence electrons. The minimum absolute atomic E-state index is 0.248. The van der Waals surface area contributed by atoms with Gasteiger partial charge in [-0.15, -0.1) is 11.8 Å². The summed E-state index contributed by atoms with van der Waals surface area (Å²) in [7, 11) is 0. The van der Waals surface area contributed by atoms with Gasteiger partial charge in [-0.25, -0.2) is 0 Å². The van der Waals surface area contributed by atoms with E-state index in [1.54, 1.807) is 11.8 Å². The van der Waals surface area contributed by atoms with E-state index in [-0.39, 0.29) is 5.91 Å². The fourth-order valence-electron chi connectivity index (χ4n) is 1.91. The third-order valence-electron chi connectivity index (χ3n) is 2.85. The number of nitrogens with zero attached hydrogens (tertiary/aromatic N) is 1. The Bertz CT molecular complexity index is 372. The topological polar surface area (TPSA) is 59.5 Å². The molecule has 2 heterocycles. The molecule has 4 nitrogen and oxygen atoms in total. The van der Waals surface area contributed by atoms with Crippen molar-refractivity contribution in [2.45, 2.75) is 25.1 Å². The van der Waals surface area contributed by atoms with Crippen molar-refractivity contribution in [3.05, 3.63) is 23.7 Å². The molecule has 17 heavy (non-hydrogen) atoms. The molecule has 1 fully saturated rings. The SMILES string of the molecule is NCc1ccc(CSCC(=O)N2CCCC2)o1. The van der Waals surface area contributed by atoms with E-state index in [4.69, 9.17) is 10.2 Å². The minimum Gasteiger partial charge on any atom is -0.464 e.